The fraction of sp³-hybridized carbons (Fsp3) is 0.375. The molecule has 0 fully saturated rings. The zero-order valence-corrected chi connectivity index (χ0v) is 13.5. The van der Waals surface area contributed by atoms with Crippen LogP contribution in [0, 0.1) is 0 Å². The number of hydrogen-bond acceptors (Lipinski definition) is 0. The molecule has 18 heavy (non-hydrogen) atoms. The summed E-state index contributed by atoms with van der Waals surface area (Å²) in [6.07, 6.45) is 3.66. The molecule has 0 aromatic heterocycles. The summed E-state index contributed by atoms with van der Waals surface area (Å²) in [6, 6.07) is 10.8. The number of unbranched alkanes of at least 4 members (excludes halogenated alkanes) is 1. The molecule has 2 aromatic carbocycles. The molecule has 0 aliphatic heterocycles. The van der Waals surface area contributed by atoms with Crippen LogP contribution in [0.2, 0.25) is 10.3 Å². The molecule has 0 saturated heterocycles. The zero-order valence-electron chi connectivity index (χ0n) is 11.0. The van der Waals surface area contributed by atoms with Crippen molar-refractivity contribution < 1.29 is 0 Å². The van der Waals surface area contributed by atoms with Gasteiger partial charge in [0.05, 0.1) is 0 Å². The van der Waals surface area contributed by atoms with Crippen molar-refractivity contribution in [3.63, 3.8) is 0 Å². The first-order valence-corrected chi connectivity index (χ1v) is 9.05. The van der Waals surface area contributed by atoms with Gasteiger partial charge in [-0.25, -0.2) is 0 Å². The van der Waals surface area contributed by atoms with E-state index in [1.807, 2.05) is 0 Å². The minimum absolute atomic E-state index is 0.504. The molecule has 0 nitrogen and oxygen atoms in total. The Kier molecular flexibility index (Phi) is 5.12. The summed E-state index contributed by atoms with van der Waals surface area (Å²) in [5.41, 5.74) is 1.47. The third-order valence-electron chi connectivity index (χ3n) is 3.11. The first kappa shape index (κ1) is 13.9. The van der Waals surface area contributed by atoms with Crippen molar-refractivity contribution >= 4 is 41.8 Å². The standard InChI is InChI=1S/C16H19ClSe/c1-3-5-8-13-11-12-9-6-7-10-14(12)15(17)16(13)18-4-2/h6-7,9-11H,3-5,8H2,1-2H3. The van der Waals surface area contributed by atoms with Crippen LogP contribution in [0.5, 0.6) is 0 Å². The topological polar surface area (TPSA) is 0 Å². The van der Waals surface area contributed by atoms with Gasteiger partial charge in [0, 0.05) is 0 Å². The number of halogens is 1. The van der Waals surface area contributed by atoms with Gasteiger partial charge in [-0.15, -0.1) is 0 Å². The van der Waals surface area contributed by atoms with E-state index in [1.165, 1.54) is 39.0 Å². The zero-order chi connectivity index (χ0) is 13.0. The molecule has 0 atom stereocenters. The van der Waals surface area contributed by atoms with Crippen LogP contribution in [-0.4, -0.2) is 15.0 Å². The second-order valence-corrected chi connectivity index (χ2v) is 7.49. The second-order valence-electron chi connectivity index (χ2n) is 4.44. The van der Waals surface area contributed by atoms with Crippen LogP contribution in [0.3, 0.4) is 0 Å². The van der Waals surface area contributed by atoms with Crippen LogP contribution in [-0.2, 0) is 6.42 Å². The first-order valence-electron chi connectivity index (χ1n) is 6.60. The molecular weight excluding hydrogens is 307 g/mol. The van der Waals surface area contributed by atoms with Crippen LogP contribution in [0.1, 0.15) is 32.3 Å². The van der Waals surface area contributed by atoms with E-state index in [9.17, 15) is 0 Å². The Bertz CT molecular complexity index is 534. The molecule has 2 heteroatoms. The molecule has 0 saturated carbocycles. The Morgan fingerprint density at radius 3 is 2.67 bits per heavy atom. The fourth-order valence-corrected chi connectivity index (χ4v) is 4.60. The summed E-state index contributed by atoms with van der Waals surface area (Å²) in [6.45, 7) is 4.49. The molecule has 0 aliphatic carbocycles. The van der Waals surface area contributed by atoms with E-state index >= 15 is 0 Å². The minimum atomic E-state index is 0.504. The summed E-state index contributed by atoms with van der Waals surface area (Å²) in [5.74, 6) is 0. The van der Waals surface area contributed by atoms with Gasteiger partial charge in [0.1, 0.15) is 0 Å². The summed E-state index contributed by atoms with van der Waals surface area (Å²) in [4.78, 5) is 0. The molecule has 0 amide bonds. The predicted octanol–water partition coefficient (Wildman–Crippen LogP) is 4.60. The van der Waals surface area contributed by atoms with Gasteiger partial charge in [0.15, 0.2) is 0 Å². The van der Waals surface area contributed by atoms with Crippen molar-refractivity contribution in [2.75, 3.05) is 0 Å². The molecule has 0 spiro atoms. The third-order valence-corrected chi connectivity index (χ3v) is 5.94. The number of fused-ring (bicyclic) bond motifs is 1. The normalized spacial score (nSPS) is 11.1. The van der Waals surface area contributed by atoms with E-state index in [1.54, 1.807) is 0 Å². The van der Waals surface area contributed by atoms with E-state index in [4.69, 9.17) is 11.6 Å². The number of aryl methyl sites for hydroxylation is 1. The molecule has 0 N–H and O–H groups in total. The molecular formula is C16H19ClSe. The van der Waals surface area contributed by atoms with Crippen LogP contribution >= 0.6 is 11.6 Å². The van der Waals surface area contributed by atoms with Gasteiger partial charge >= 0.3 is 121 Å². The average Bonchev–Trinajstić information content (AvgIpc) is 2.40. The molecule has 0 bridgehead atoms. The first-order chi connectivity index (χ1) is 8.77. The van der Waals surface area contributed by atoms with Crippen LogP contribution in [0.15, 0.2) is 30.3 Å². The SMILES string of the molecule is CCCCc1cc2ccccc2c(Cl)c1[Se]CC. The summed E-state index contributed by atoms with van der Waals surface area (Å²) < 4.78 is 1.43. The molecule has 0 unspecified atom stereocenters. The Morgan fingerprint density at radius 1 is 1.17 bits per heavy atom. The van der Waals surface area contributed by atoms with Gasteiger partial charge in [-0.1, -0.05) is 0 Å². The van der Waals surface area contributed by atoms with E-state index in [-0.39, 0.29) is 0 Å². The monoisotopic (exact) mass is 326 g/mol. The van der Waals surface area contributed by atoms with Gasteiger partial charge < -0.3 is 0 Å². The van der Waals surface area contributed by atoms with Crippen molar-refractivity contribution in [3.05, 3.63) is 40.9 Å². The molecule has 0 radical (unpaired) electrons. The summed E-state index contributed by atoms with van der Waals surface area (Å²) in [7, 11) is 0. The Labute approximate surface area is 121 Å². The van der Waals surface area contributed by atoms with Crippen molar-refractivity contribution in [3.8, 4) is 0 Å². The average molecular weight is 326 g/mol. The van der Waals surface area contributed by atoms with Gasteiger partial charge in [0.2, 0.25) is 0 Å². The Balaban J connectivity index is 2.55. The quantitative estimate of drug-likeness (QED) is 0.705. The van der Waals surface area contributed by atoms with E-state index in [0.717, 1.165) is 11.4 Å². The van der Waals surface area contributed by atoms with Crippen molar-refractivity contribution in [2.24, 2.45) is 0 Å². The number of rotatable bonds is 5. The van der Waals surface area contributed by atoms with Gasteiger partial charge in [-0.3, -0.25) is 0 Å². The van der Waals surface area contributed by atoms with Gasteiger partial charge in [-0.05, 0) is 0 Å². The number of hydrogen-bond donors (Lipinski definition) is 0. The van der Waals surface area contributed by atoms with Crippen LogP contribution in [0.25, 0.3) is 10.8 Å². The van der Waals surface area contributed by atoms with E-state index in [2.05, 4.69) is 44.2 Å². The van der Waals surface area contributed by atoms with Crippen molar-refractivity contribution in [1.29, 1.82) is 0 Å². The van der Waals surface area contributed by atoms with Gasteiger partial charge in [-0.2, -0.15) is 0 Å². The Hall–Kier alpha value is -0.491. The van der Waals surface area contributed by atoms with E-state index in [0.29, 0.717) is 15.0 Å². The molecule has 0 aliphatic rings. The molecule has 2 aromatic rings. The number of benzene rings is 2. The predicted molar refractivity (Wildman–Crippen MR) is 83.4 cm³/mol. The fourth-order valence-electron chi connectivity index (χ4n) is 2.19. The van der Waals surface area contributed by atoms with Crippen LogP contribution < -0.4 is 4.46 Å². The van der Waals surface area contributed by atoms with Crippen molar-refractivity contribution in [1.82, 2.24) is 0 Å². The summed E-state index contributed by atoms with van der Waals surface area (Å²) >= 11 is 7.12. The molecule has 2 rings (SSSR count). The van der Waals surface area contributed by atoms with Crippen LogP contribution in [0.4, 0.5) is 0 Å². The van der Waals surface area contributed by atoms with E-state index < -0.39 is 0 Å². The maximum absolute atomic E-state index is 6.62. The van der Waals surface area contributed by atoms with Gasteiger partial charge in [0.25, 0.3) is 0 Å². The third kappa shape index (κ3) is 2.91. The maximum atomic E-state index is 6.62. The molecule has 96 valence electrons. The summed E-state index contributed by atoms with van der Waals surface area (Å²) in [5, 5.41) is 4.71. The second kappa shape index (κ2) is 6.61. The Morgan fingerprint density at radius 2 is 1.94 bits per heavy atom. The van der Waals surface area contributed by atoms with Crippen molar-refractivity contribution in [2.45, 2.75) is 38.4 Å². The molecule has 0 heterocycles.